The average Bonchev–Trinajstić information content (AvgIpc) is 2.84. The summed E-state index contributed by atoms with van der Waals surface area (Å²) in [5.41, 5.74) is 7.78. The first kappa shape index (κ1) is 17.1. The van der Waals surface area contributed by atoms with Crippen LogP contribution in [0.3, 0.4) is 0 Å². The SMILES string of the molecule is Nc1csc(NN=Cc2cc(B(O)O)ccc2OC(F)(F)F)n1. The number of hydrogen-bond donors (Lipinski definition) is 4. The summed E-state index contributed by atoms with van der Waals surface area (Å²) in [4.78, 5) is 3.85. The van der Waals surface area contributed by atoms with E-state index in [2.05, 4.69) is 20.2 Å². The Kier molecular flexibility index (Phi) is 5.08. The van der Waals surface area contributed by atoms with E-state index in [1.807, 2.05) is 0 Å². The molecule has 0 radical (unpaired) electrons. The van der Waals surface area contributed by atoms with Gasteiger partial charge in [0.15, 0.2) is 0 Å². The van der Waals surface area contributed by atoms with Crippen LogP contribution in [-0.2, 0) is 0 Å². The maximum atomic E-state index is 12.4. The van der Waals surface area contributed by atoms with Crippen molar-refractivity contribution in [2.45, 2.75) is 6.36 Å². The van der Waals surface area contributed by atoms with E-state index in [-0.39, 0.29) is 16.8 Å². The highest BCUT2D eigenvalue weighted by molar-refractivity contribution is 7.14. The Labute approximate surface area is 132 Å². The average molecular weight is 346 g/mol. The van der Waals surface area contributed by atoms with Gasteiger partial charge in [-0.3, -0.25) is 5.43 Å². The van der Waals surface area contributed by atoms with Crippen LogP contribution in [0.25, 0.3) is 0 Å². The normalized spacial score (nSPS) is 11.7. The lowest BCUT2D eigenvalue weighted by atomic mass is 9.79. The van der Waals surface area contributed by atoms with Crippen LogP contribution in [0.1, 0.15) is 5.56 Å². The van der Waals surface area contributed by atoms with Crippen molar-refractivity contribution in [2.75, 3.05) is 11.2 Å². The summed E-state index contributed by atoms with van der Waals surface area (Å²) in [5, 5.41) is 23.8. The second-order valence-electron chi connectivity index (χ2n) is 4.17. The molecule has 2 aromatic rings. The zero-order valence-corrected chi connectivity index (χ0v) is 12.1. The predicted octanol–water partition coefficient (Wildman–Crippen LogP) is 0.750. The summed E-state index contributed by atoms with van der Waals surface area (Å²) in [6.07, 6.45) is -3.86. The number of aromatic nitrogens is 1. The molecule has 0 aliphatic carbocycles. The molecule has 0 saturated carbocycles. The van der Waals surface area contributed by atoms with Gasteiger partial charge in [0.25, 0.3) is 0 Å². The van der Waals surface area contributed by atoms with Crippen molar-refractivity contribution in [3.63, 3.8) is 0 Å². The molecule has 1 heterocycles. The van der Waals surface area contributed by atoms with Crippen LogP contribution in [0.2, 0.25) is 0 Å². The van der Waals surface area contributed by atoms with Crippen LogP contribution < -0.4 is 21.4 Å². The van der Waals surface area contributed by atoms with E-state index in [1.54, 1.807) is 5.38 Å². The third-order valence-electron chi connectivity index (χ3n) is 2.44. The monoisotopic (exact) mass is 346 g/mol. The molecule has 0 amide bonds. The number of ether oxygens (including phenoxy) is 1. The first-order chi connectivity index (χ1) is 10.7. The Morgan fingerprint density at radius 3 is 2.70 bits per heavy atom. The molecule has 23 heavy (non-hydrogen) atoms. The third-order valence-corrected chi connectivity index (χ3v) is 3.21. The van der Waals surface area contributed by atoms with Gasteiger partial charge in [-0.25, -0.2) is 4.98 Å². The van der Waals surface area contributed by atoms with Crippen LogP contribution in [0.15, 0.2) is 28.7 Å². The molecule has 1 aromatic carbocycles. The second-order valence-corrected chi connectivity index (χ2v) is 5.02. The number of rotatable bonds is 5. The lowest BCUT2D eigenvalue weighted by Gasteiger charge is -2.12. The van der Waals surface area contributed by atoms with Crippen molar-refractivity contribution in [3.8, 4) is 5.75 Å². The minimum atomic E-state index is -4.89. The topological polar surface area (TPSA) is 113 Å². The molecule has 0 spiro atoms. The number of nitrogen functional groups attached to an aromatic ring is 1. The Bertz CT molecular complexity index is 708. The maximum Gasteiger partial charge on any atom is 0.573 e. The quantitative estimate of drug-likeness (QED) is 0.361. The zero-order chi connectivity index (χ0) is 17.0. The zero-order valence-electron chi connectivity index (χ0n) is 11.3. The van der Waals surface area contributed by atoms with E-state index in [4.69, 9.17) is 15.8 Å². The molecule has 2 rings (SSSR count). The Morgan fingerprint density at radius 1 is 1.39 bits per heavy atom. The first-order valence-corrected chi connectivity index (χ1v) is 6.88. The maximum absolute atomic E-state index is 12.4. The molecule has 5 N–H and O–H groups in total. The molecule has 0 atom stereocenters. The molecular formula is C11H10BF3N4O3S. The Balaban J connectivity index is 2.23. The van der Waals surface area contributed by atoms with Gasteiger partial charge >= 0.3 is 13.5 Å². The Hall–Kier alpha value is -2.31. The first-order valence-electron chi connectivity index (χ1n) is 6.00. The van der Waals surface area contributed by atoms with Crippen molar-refractivity contribution in [3.05, 3.63) is 29.1 Å². The summed E-state index contributed by atoms with van der Waals surface area (Å²) in [7, 11) is -1.84. The van der Waals surface area contributed by atoms with E-state index in [9.17, 15) is 13.2 Å². The van der Waals surface area contributed by atoms with Gasteiger partial charge in [-0.2, -0.15) is 5.10 Å². The lowest BCUT2D eigenvalue weighted by Crippen LogP contribution is -2.30. The van der Waals surface area contributed by atoms with Gasteiger partial charge < -0.3 is 20.5 Å². The molecule has 0 fully saturated rings. The summed E-state index contributed by atoms with van der Waals surface area (Å²) < 4.78 is 41.0. The van der Waals surface area contributed by atoms with Gasteiger partial charge in [0.1, 0.15) is 11.6 Å². The highest BCUT2D eigenvalue weighted by Crippen LogP contribution is 2.25. The van der Waals surface area contributed by atoms with E-state index in [1.165, 1.54) is 0 Å². The van der Waals surface area contributed by atoms with E-state index in [0.717, 1.165) is 35.8 Å². The number of hydrogen-bond acceptors (Lipinski definition) is 8. The molecule has 0 aliphatic heterocycles. The van der Waals surface area contributed by atoms with Crippen LogP contribution in [0.4, 0.5) is 24.1 Å². The lowest BCUT2D eigenvalue weighted by molar-refractivity contribution is -0.274. The minimum Gasteiger partial charge on any atom is -0.423 e. The van der Waals surface area contributed by atoms with E-state index < -0.39 is 19.2 Å². The highest BCUT2D eigenvalue weighted by atomic mass is 32.1. The molecule has 1 aromatic heterocycles. The van der Waals surface area contributed by atoms with Gasteiger partial charge in [0.05, 0.1) is 6.21 Å². The minimum absolute atomic E-state index is 0.0144. The fourth-order valence-electron chi connectivity index (χ4n) is 1.54. The van der Waals surface area contributed by atoms with Crippen molar-refractivity contribution in [2.24, 2.45) is 5.10 Å². The standard InChI is InChI=1S/C11H10BF3N4O3S/c13-11(14,15)22-8-2-1-7(12(20)21)3-6(8)4-17-19-10-18-9(16)5-23-10/h1-5,20-21H,16H2,(H,18,19). The van der Waals surface area contributed by atoms with Gasteiger partial charge in [-0.05, 0) is 17.6 Å². The van der Waals surface area contributed by atoms with Crippen molar-refractivity contribution < 1.29 is 28.0 Å². The van der Waals surface area contributed by atoms with Gasteiger partial charge in [-0.15, -0.1) is 24.5 Å². The second kappa shape index (κ2) is 6.85. The summed E-state index contributed by atoms with van der Waals surface area (Å²) in [6, 6.07) is 3.16. The molecule has 0 aliphatic rings. The van der Waals surface area contributed by atoms with Crippen molar-refractivity contribution in [1.82, 2.24) is 4.98 Å². The fourth-order valence-corrected chi connectivity index (χ4v) is 2.09. The molecule has 0 saturated heterocycles. The van der Waals surface area contributed by atoms with Crippen LogP contribution in [0.5, 0.6) is 5.75 Å². The smallest absolute Gasteiger partial charge is 0.423 e. The van der Waals surface area contributed by atoms with Crippen LogP contribution in [-0.4, -0.2) is 34.7 Å². The largest absolute Gasteiger partial charge is 0.573 e. The van der Waals surface area contributed by atoms with Gasteiger partial charge in [0, 0.05) is 10.9 Å². The van der Waals surface area contributed by atoms with Crippen LogP contribution in [0, 0.1) is 0 Å². The predicted molar refractivity (Wildman–Crippen MR) is 80.7 cm³/mol. The summed E-state index contributed by atoms with van der Waals surface area (Å²) >= 11 is 1.15. The molecule has 0 unspecified atom stereocenters. The molecular weight excluding hydrogens is 336 g/mol. The van der Waals surface area contributed by atoms with E-state index >= 15 is 0 Å². The van der Waals surface area contributed by atoms with Gasteiger partial charge in [0.2, 0.25) is 5.13 Å². The number of hydrazone groups is 1. The number of halogens is 3. The molecule has 122 valence electrons. The number of nitrogens with two attached hydrogens (primary N) is 1. The molecule has 0 bridgehead atoms. The van der Waals surface area contributed by atoms with E-state index in [0.29, 0.717) is 5.13 Å². The highest BCUT2D eigenvalue weighted by Gasteiger charge is 2.32. The fraction of sp³-hybridized carbons (Fsp3) is 0.0909. The number of alkyl halides is 3. The number of nitrogens with zero attached hydrogens (tertiary/aromatic N) is 2. The van der Waals surface area contributed by atoms with Crippen LogP contribution >= 0.6 is 11.3 Å². The summed E-state index contributed by atoms with van der Waals surface area (Å²) in [6.45, 7) is 0. The molecule has 12 heteroatoms. The molecule has 7 nitrogen and oxygen atoms in total. The number of thiazole rings is 1. The number of benzene rings is 1. The Morgan fingerprint density at radius 2 is 2.13 bits per heavy atom. The number of anilines is 2. The van der Waals surface area contributed by atoms with Gasteiger partial charge in [-0.1, -0.05) is 6.07 Å². The van der Waals surface area contributed by atoms with Crippen molar-refractivity contribution in [1.29, 1.82) is 0 Å². The van der Waals surface area contributed by atoms with Crippen molar-refractivity contribution >= 4 is 41.1 Å². The summed E-state index contributed by atoms with van der Waals surface area (Å²) in [5.74, 6) is -0.259. The third kappa shape index (κ3) is 5.12. The number of nitrogens with one attached hydrogen (secondary N) is 1.